The molecule has 1 aromatic carbocycles. The van der Waals surface area contributed by atoms with Crippen LogP contribution in [-0.2, 0) is 4.79 Å². The summed E-state index contributed by atoms with van der Waals surface area (Å²) in [7, 11) is 1.38. The van der Waals surface area contributed by atoms with Crippen molar-refractivity contribution in [3.8, 4) is 5.75 Å². The zero-order chi connectivity index (χ0) is 14.5. The number of halogens is 2. The van der Waals surface area contributed by atoms with Gasteiger partial charge in [0.05, 0.1) is 12.5 Å². The van der Waals surface area contributed by atoms with Crippen LogP contribution in [0.25, 0.3) is 0 Å². The SMILES string of the molecule is CCC(CC)(CN)C(=O)Nc1ccc(F)c(OC)c1.Cl. The highest BCUT2D eigenvalue weighted by molar-refractivity contribution is 5.95. The van der Waals surface area contributed by atoms with Gasteiger partial charge in [0.2, 0.25) is 5.91 Å². The van der Waals surface area contributed by atoms with Crippen molar-refractivity contribution < 1.29 is 13.9 Å². The number of nitrogens with two attached hydrogens (primary N) is 1. The van der Waals surface area contributed by atoms with Crippen LogP contribution in [0, 0.1) is 11.2 Å². The zero-order valence-corrected chi connectivity index (χ0v) is 12.8. The van der Waals surface area contributed by atoms with E-state index in [2.05, 4.69) is 5.32 Å². The number of anilines is 1. The van der Waals surface area contributed by atoms with Gasteiger partial charge in [0.1, 0.15) is 0 Å². The monoisotopic (exact) mass is 304 g/mol. The van der Waals surface area contributed by atoms with Crippen LogP contribution in [0.2, 0.25) is 0 Å². The number of benzene rings is 1. The van der Waals surface area contributed by atoms with Gasteiger partial charge >= 0.3 is 0 Å². The normalized spacial score (nSPS) is 10.7. The molecule has 4 nitrogen and oxygen atoms in total. The predicted octanol–water partition coefficient (Wildman–Crippen LogP) is 2.96. The number of amides is 1. The third kappa shape index (κ3) is 3.84. The lowest BCUT2D eigenvalue weighted by molar-refractivity contribution is -0.125. The fraction of sp³-hybridized carbons (Fsp3) is 0.500. The highest BCUT2D eigenvalue weighted by atomic mass is 35.5. The van der Waals surface area contributed by atoms with Crippen molar-refractivity contribution in [3.05, 3.63) is 24.0 Å². The number of rotatable bonds is 6. The largest absolute Gasteiger partial charge is 0.494 e. The molecule has 0 fully saturated rings. The zero-order valence-electron chi connectivity index (χ0n) is 12.0. The van der Waals surface area contributed by atoms with Gasteiger partial charge in [0.15, 0.2) is 11.6 Å². The second-order valence-electron chi connectivity index (χ2n) is 4.50. The summed E-state index contributed by atoms with van der Waals surface area (Å²) in [5.41, 5.74) is 5.64. The number of methoxy groups -OCH3 is 1. The molecular weight excluding hydrogens is 283 g/mol. The van der Waals surface area contributed by atoms with E-state index in [1.807, 2.05) is 13.8 Å². The van der Waals surface area contributed by atoms with Crippen LogP contribution in [0.15, 0.2) is 18.2 Å². The topological polar surface area (TPSA) is 64.4 Å². The number of hydrogen-bond acceptors (Lipinski definition) is 3. The number of carbonyl (C=O) groups excluding carboxylic acids is 1. The Kier molecular flexibility index (Phi) is 7.53. The molecule has 1 aromatic rings. The second-order valence-corrected chi connectivity index (χ2v) is 4.50. The molecule has 20 heavy (non-hydrogen) atoms. The van der Waals surface area contributed by atoms with Crippen LogP contribution >= 0.6 is 12.4 Å². The maximum Gasteiger partial charge on any atom is 0.231 e. The Balaban J connectivity index is 0.00000361. The van der Waals surface area contributed by atoms with Crippen LogP contribution in [0.3, 0.4) is 0 Å². The summed E-state index contributed by atoms with van der Waals surface area (Å²) in [6.45, 7) is 4.15. The highest BCUT2D eigenvalue weighted by Gasteiger charge is 2.33. The van der Waals surface area contributed by atoms with Gasteiger partial charge in [-0.15, -0.1) is 12.4 Å². The molecule has 0 atom stereocenters. The molecule has 0 bridgehead atoms. The van der Waals surface area contributed by atoms with Crippen molar-refractivity contribution in [1.82, 2.24) is 0 Å². The quantitative estimate of drug-likeness (QED) is 0.849. The van der Waals surface area contributed by atoms with Crippen molar-refractivity contribution in [3.63, 3.8) is 0 Å². The minimum Gasteiger partial charge on any atom is -0.494 e. The third-order valence-electron chi connectivity index (χ3n) is 3.63. The number of ether oxygens (including phenoxy) is 1. The Labute approximate surface area is 125 Å². The first-order valence-electron chi connectivity index (χ1n) is 6.38. The van der Waals surface area contributed by atoms with Crippen LogP contribution in [0.4, 0.5) is 10.1 Å². The lowest BCUT2D eigenvalue weighted by Gasteiger charge is -2.28. The molecule has 0 aromatic heterocycles. The van der Waals surface area contributed by atoms with Crippen LogP contribution < -0.4 is 15.8 Å². The maximum absolute atomic E-state index is 13.3. The molecular formula is C14H22ClFN2O2. The summed E-state index contributed by atoms with van der Waals surface area (Å²) < 4.78 is 18.2. The van der Waals surface area contributed by atoms with E-state index in [1.165, 1.54) is 25.3 Å². The van der Waals surface area contributed by atoms with Gasteiger partial charge in [0.25, 0.3) is 0 Å². The summed E-state index contributed by atoms with van der Waals surface area (Å²) in [6, 6.07) is 4.22. The molecule has 1 rings (SSSR count). The summed E-state index contributed by atoms with van der Waals surface area (Å²) in [5, 5.41) is 2.77. The maximum atomic E-state index is 13.3. The minimum atomic E-state index is -0.582. The first kappa shape index (κ1) is 18.7. The van der Waals surface area contributed by atoms with Gasteiger partial charge < -0.3 is 15.8 Å². The van der Waals surface area contributed by atoms with E-state index >= 15 is 0 Å². The molecule has 0 heterocycles. The fourth-order valence-corrected chi connectivity index (χ4v) is 1.95. The Bertz CT molecular complexity index is 443. The van der Waals surface area contributed by atoms with Gasteiger partial charge in [-0.05, 0) is 25.0 Å². The predicted molar refractivity (Wildman–Crippen MR) is 80.9 cm³/mol. The van der Waals surface area contributed by atoms with Crippen LogP contribution in [-0.4, -0.2) is 19.6 Å². The van der Waals surface area contributed by atoms with E-state index in [0.29, 0.717) is 18.5 Å². The number of carbonyl (C=O) groups is 1. The summed E-state index contributed by atoms with van der Waals surface area (Å²) in [6.07, 6.45) is 1.31. The Morgan fingerprint density at radius 3 is 2.45 bits per heavy atom. The lowest BCUT2D eigenvalue weighted by atomic mass is 9.81. The van der Waals surface area contributed by atoms with Gasteiger partial charge in [-0.2, -0.15) is 0 Å². The van der Waals surface area contributed by atoms with E-state index in [4.69, 9.17) is 10.5 Å². The first-order chi connectivity index (χ1) is 9.02. The molecule has 3 N–H and O–H groups in total. The second kappa shape index (κ2) is 8.07. The van der Waals surface area contributed by atoms with E-state index < -0.39 is 11.2 Å². The van der Waals surface area contributed by atoms with Crippen molar-refractivity contribution in [1.29, 1.82) is 0 Å². The Morgan fingerprint density at radius 2 is 2.00 bits per heavy atom. The molecule has 0 aliphatic heterocycles. The Morgan fingerprint density at radius 1 is 1.40 bits per heavy atom. The molecule has 6 heteroatoms. The van der Waals surface area contributed by atoms with Crippen LogP contribution in [0.1, 0.15) is 26.7 Å². The summed E-state index contributed by atoms with van der Waals surface area (Å²) in [4.78, 5) is 12.3. The van der Waals surface area contributed by atoms with Gasteiger partial charge in [0, 0.05) is 18.3 Å². The average Bonchev–Trinajstić information content (AvgIpc) is 2.43. The summed E-state index contributed by atoms with van der Waals surface area (Å²) in [5.74, 6) is -0.505. The van der Waals surface area contributed by atoms with Crippen molar-refractivity contribution in [2.45, 2.75) is 26.7 Å². The standard InChI is InChI=1S/C14H21FN2O2.ClH/c1-4-14(5-2,9-16)13(18)17-10-6-7-11(15)12(8-10)19-3;/h6-8H,4-5,9,16H2,1-3H3,(H,17,18);1H. The summed E-state index contributed by atoms with van der Waals surface area (Å²) >= 11 is 0. The average molecular weight is 305 g/mol. The fourth-order valence-electron chi connectivity index (χ4n) is 1.95. The molecule has 1 amide bonds. The van der Waals surface area contributed by atoms with E-state index in [9.17, 15) is 9.18 Å². The van der Waals surface area contributed by atoms with Crippen molar-refractivity contribution in [2.75, 3.05) is 19.0 Å². The minimum absolute atomic E-state index is 0. The molecule has 0 spiro atoms. The lowest BCUT2D eigenvalue weighted by Crippen LogP contribution is -2.41. The van der Waals surface area contributed by atoms with Gasteiger partial charge in [-0.3, -0.25) is 4.79 Å². The molecule has 0 saturated carbocycles. The smallest absolute Gasteiger partial charge is 0.231 e. The highest BCUT2D eigenvalue weighted by Crippen LogP contribution is 2.28. The molecule has 0 saturated heterocycles. The first-order valence-corrected chi connectivity index (χ1v) is 6.38. The Hall–Kier alpha value is -1.33. The van der Waals surface area contributed by atoms with E-state index in [-0.39, 0.29) is 30.6 Å². The van der Waals surface area contributed by atoms with Gasteiger partial charge in [-0.25, -0.2) is 4.39 Å². The molecule has 0 radical (unpaired) electrons. The van der Waals surface area contributed by atoms with Crippen molar-refractivity contribution in [2.24, 2.45) is 11.1 Å². The van der Waals surface area contributed by atoms with Gasteiger partial charge in [-0.1, -0.05) is 13.8 Å². The molecule has 0 aliphatic carbocycles. The van der Waals surface area contributed by atoms with Crippen LogP contribution in [0.5, 0.6) is 5.75 Å². The number of nitrogens with one attached hydrogen (secondary N) is 1. The van der Waals surface area contributed by atoms with Crippen molar-refractivity contribution >= 4 is 24.0 Å². The number of hydrogen-bond donors (Lipinski definition) is 2. The molecule has 0 aliphatic rings. The molecule has 114 valence electrons. The molecule has 0 unspecified atom stereocenters. The van der Waals surface area contributed by atoms with E-state index in [0.717, 1.165) is 0 Å². The third-order valence-corrected chi connectivity index (χ3v) is 3.63. The van der Waals surface area contributed by atoms with E-state index in [1.54, 1.807) is 0 Å².